The summed E-state index contributed by atoms with van der Waals surface area (Å²) in [6, 6.07) is 0. The molecule has 286 valence electrons. The van der Waals surface area contributed by atoms with Crippen LogP contribution in [-0.2, 0) is 32.7 Å². The van der Waals surface area contributed by atoms with Gasteiger partial charge in [0.15, 0.2) is 6.10 Å². The zero-order chi connectivity index (χ0) is 36.3. The fourth-order valence-corrected chi connectivity index (χ4v) is 5.61. The first-order valence-corrected chi connectivity index (χ1v) is 20.4. The van der Waals surface area contributed by atoms with Crippen LogP contribution in [0.15, 0.2) is 36.5 Å². The van der Waals surface area contributed by atoms with Gasteiger partial charge in [-0.1, -0.05) is 127 Å². The molecule has 3 atom stereocenters. The van der Waals surface area contributed by atoms with E-state index in [1.165, 1.54) is 44.9 Å². The van der Waals surface area contributed by atoms with Gasteiger partial charge in [0.25, 0.3) is 0 Å². The molecule has 0 aromatic rings. The minimum absolute atomic E-state index is 0.170. The molecule has 3 unspecified atom stereocenters. The first kappa shape index (κ1) is 47.2. The highest BCUT2D eigenvalue weighted by molar-refractivity contribution is 7.47. The summed E-state index contributed by atoms with van der Waals surface area (Å²) >= 11 is 0. The molecule has 0 aliphatic rings. The van der Waals surface area contributed by atoms with Gasteiger partial charge in [-0.25, -0.2) is 4.57 Å². The van der Waals surface area contributed by atoms with Crippen molar-refractivity contribution in [2.24, 2.45) is 0 Å². The Hall–Kier alpha value is -1.81. The van der Waals surface area contributed by atoms with Gasteiger partial charge < -0.3 is 24.6 Å². The van der Waals surface area contributed by atoms with Crippen LogP contribution in [0.1, 0.15) is 155 Å². The van der Waals surface area contributed by atoms with Gasteiger partial charge in [-0.3, -0.25) is 18.6 Å². The fourth-order valence-electron chi connectivity index (χ4n) is 4.82. The highest BCUT2D eigenvalue weighted by atomic mass is 31.2. The van der Waals surface area contributed by atoms with Crippen LogP contribution in [0.4, 0.5) is 0 Å². The van der Waals surface area contributed by atoms with Crippen LogP contribution in [0.2, 0.25) is 0 Å². The summed E-state index contributed by atoms with van der Waals surface area (Å²) < 4.78 is 32.4. The Morgan fingerprint density at radius 1 is 0.612 bits per heavy atom. The summed E-state index contributed by atoms with van der Waals surface area (Å²) in [4.78, 5) is 34.6. The number of phosphoric ester groups is 1. The standard InChI is InChI=1S/C38H69O10P/c1-3-5-7-9-11-12-13-14-15-16-17-18-19-20-21-22-24-26-28-30-38(42)48-36(34-47-49(43,44)46-32-35(40)31-39)33-45-37(41)29-27-25-23-10-8-6-4-2/h11-12,14-15,17-18,35-36,39-40H,3-10,13,16,19-34H2,1-2H3,(H,43,44)/b12-11-,15-14-,18-17-. The molecule has 0 fully saturated rings. The molecule has 0 amide bonds. The highest BCUT2D eigenvalue weighted by Crippen LogP contribution is 2.43. The van der Waals surface area contributed by atoms with Crippen molar-refractivity contribution in [1.29, 1.82) is 0 Å². The first-order valence-electron chi connectivity index (χ1n) is 18.9. The maximum Gasteiger partial charge on any atom is 0.472 e. The lowest BCUT2D eigenvalue weighted by Gasteiger charge is -2.20. The predicted molar refractivity (Wildman–Crippen MR) is 196 cm³/mol. The minimum atomic E-state index is -4.61. The predicted octanol–water partition coefficient (Wildman–Crippen LogP) is 9.22. The molecule has 0 aliphatic heterocycles. The largest absolute Gasteiger partial charge is 0.472 e. The third-order valence-corrected chi connectivity index (χ3v) is 8.75. The summed E-state index contributed by atoms with van der Waals surface area (Å²) in [6.45, 7) is 2.26. The lowest BCUT2D eigenvalue weighted by atomic mass is 10.1. The van der Waals surface area contributed by atoms with Crippen LogP contribution < -0.4 is 0 Å². The molecule has 10 nitrogen and oxygen atoms in total. The molecule has 0 rings (SSSR count). The topological polar surface area (TPSA) is 149 Å². The number of unbranched alkanes of at least 4 members (excludes halogenated alkanes) is 15. The number of phosphoric acid groups is 1. The Kier molecular flexibility index (Phi) is 33.4. The molecule has 0 aliphatic carbocycles. The smallest absolute Gasteiger partial charge is 0.462 e. The number of aliphatic hydroxyl groups is 2. The molecule has 0 aromatic carbocycles. The van der Waals surface area contributed by atoms with E-state index < -0.39 is 51.8 Å². The third-order valence-electron chi connectivity index (χ3n) is 7.80. The summed E-state index contributed by atoms with van der Waals surface area (Å²) in [7, 11) is -4.61. The average molecular weight is 717 g/mol. The van der Waals surface area contributed by atoms with Crippen LogP contribution in [0.5, 0.6) is 0 Å². The Morgan fingerprint density at radius 2 is 1.06 bits per heavy atom. The number of aliphatic hydroxyl groups excluding tert-OH is 2. The first-order chi connectivity index (χ1) is 23.7. The molecule has 0 heterocycles. The number of carbonyl (C=O) groups excluding carboxylic acids is 2. The van der Waals surface area contributed by atoms with Crippen molar-refractivity contribution < 1.29 is 47.8 Å². The van der Waals surface area contributed by atoms with Gasteiger partial charge in [0, 0.05) is 12.8 Å². The van der Waals surface area contributed by atoms with E-state index in [-0.39, 0.29) is 19.4 Å². The Labute approximate surface area is 297 Å². The van der Waals surface area contributed by atoms with Gasteiger partial charge >= 0.3 is 19.8 Å². The van der Waals surface area contributed by atoms with Crippen molar-refractivity contribution in [1.82, 2.24) is 0 Å². The van der Waals surface area contributed by atoms with Crippen LogP contribution >= 0.6 is 7.82 Å². The van der Waals surface area contributed by atoms with Crippen molar-refractivity contribution in [2.45, 2.75) is 167 Å². The van der Waals surface area contributed by atoms with Crippen molar-refractivity contribution in [2.75, 3.05) is 26.4 Å². The summed E-state index contributed by atoms with van der Waals surface area (Å²) in [6.07, 6.45) is 32.8. The molecule has 0 spiro atoms. The van der Waals surface area contributed by atoms with Gasteiger partial charge in [-0.2, -0.15) is 0 Å². The second-order valence-corrected chi connectivity index (χ2v) is 14.1. The number of allylic oxidation sites excluding steroid dienone is 6. The lowest BCUT2D eigenvalue weighted by Crippen LogP contribution is -2.29. The molecule has 0 radical (unpaired) electrons. The number of rotatable bonds is 35. The molecule has 3 N–H and O–H groups in total. The molecule has 0 saturated carbocycles. The van der Waals surface area contributed by atoms with E-state index >= 15 is 0 Å². The van der Waals surface area contributed by atoms with Gasteiger partial charge in [0.05, 0.1) is 19.8 Å². The van der Waals surface area contributed by atoms with Crippen molar-refractivity contribution in [3.63, 3.8) is 0 Å². The lowest BCUT2D eigenvalue weighted by molar-refractivity contribution is -0.161. The Balaban J connectivity index is 4.31. The summed E-state index contributed by atoms with van der Waals surface area (Å²) in [5.41, 5.74) is 0. The number of esters is 2. The molecule has 0 bridgehead atoms. The maximum atomic E-state index is 12.5. The zero-order valence-electron chi connectivity index (χ0n) is 30.7. The third kappa shape index (κ3) is 34.4. The number of carbonyl (C=O) groups is 2. The SMILES string of the molecule is CCCCC/C=C\C/C=C\C/C=C\CCCCCCCCC(=O)OC(COC(=O)CCCCCCCCC)COP(=O)(O)OCC(O)CO. The van der Waals surface area contributed by atoms with E-state index in [2.05, 4.69) is 54.8 Å². The minimum Gasteiger partial charge on any atom is -0.462 e. The van der Waals surface area contributed by atoms with E-state index in [4.69, 9.17) is 19.1 Å². The fraction of sp³-hybridized carbons (Fsp3) is 0.789. The second kappa shape index (κ2) is 34.6. The number of hydrogen-bond donors (Lipinski definition) is 3. The summed E-state index contributed by atoms with van der Waals surface area (Å²) in [5, 5.41) is 18.2. The van der Waals surface area contributed by atoms with Crippen LogP contribution in [0.25, 0.3) is 0 Å². The van der Waals surface area contributed by atoms with Crippen molar-refractivity contribution in [3.8, 4) is 0 Å². The van der Waals surface area contributed by atoms with E-state index in [0.29, 0.717) is 12.8 Å². The van der Waals surface area contributed by atoms with Gasteiger partial charge in [0.2, 0.25) is 0 Å². The highest BCUT2D eigenvalue weighted by Gasteiger charge is 2.27. The quantitative estimate of drug-likeness (QED) is 0.0251. The number of hydrogen-bond acceptors (Lipinski definition) is 9. The van der Waals surface area contributed by atoms with Crippen molar-refractivity contribution >= 4 is 19.8 Å². The molecule has 49 heavy (non-hydrogen) atoms. The molecule has 11 heteroatoms. The maximum absolute atomic E-state index is 12.5. The van der Waals surface area contributed by atoms with Crippen LogP contribution in [0, 0.1) is 0 Å². The van der Waals surface area contributed by atoms with Crippen LogP contribution in [0.3, 0.4) is 0 Å². The molecular weight excluding hydrogens is 647 g/mol. The molecule has 0 saturated heterocycles. The number of ether oxygens (including phenoxy) is 2. The molecular formula is C38H69O10P. The zero-order valence-corrected chi connectivity index (χ0v) is 31.5. The van der Waals surface area contributed by atoms with Gasteiger partial charge in [0.1, 0.15) is 12.7 Å². The van der Waals surface area contributed by atoms with E-state index in [1.807, 2.05) is 0 Å². The summed E-state index contributed by atoms with van der Waals surface area (Å²) in [5.74, 6) is -0.948. The van der Waals surface area contributed by atoms with Gasteiger partial charge in [-0.15, -0.1) is 0 Å². The molecule has 0 aromatic heterocycles. The Morgan fingerprint density at radius 3 is 1.63 bits per heavy atom. The average Bonchev–Trinajstić information content (AvgIpc) is 3.09. The second-order valence-electron chi connectivity index (χ2n) is 12.6. The normalized spacial score (nSPS) is 14.5. The monoisotopic (exact) mass is 716 g/mol. The Bertz CT molecular complexity index is 920. The van der Waals surface area contributed by atoms with Gasteiger partial charge in [-0.05, 0) is 51.4 Å². The van der Waals surface area contributed by atoms with Crippen molar-refractivity contribution in [3.05, 3.63) is 36.5 Å². The van der Waals surface area contributed by atoms with Crippen LogP contribution in [-0.4, -0.2) is 65.7 Å². The van der Waals surface area contributed by atoms with E-state index in [9.17, 15) is 24.2 Å². The van der Waals surface area contributed by atoms with E-state index in [1.54, 1.807) is 0 Å². The van der Waals surface area contributed by atoms with E-state index in [0.717, 1.165) is 70.6 Å².